The number of epoxide rings is 1. The van der Waals surface area contributed by atoms with Crippen LogP contribution in [0.15, 0.2) is 0 Å². The molecule has 0 aliphatic carbocycles. The second kappa shape index (κ2) is 5.75. The van der Waals surface area contributed by atoms with Crippen LogP contribution in [-0.2, 0) is 14.3 Å². The zero-order valence-electron chi connectivity index (χ0n) is 8.20. The van der Waals surface area contributed by atoms with Crippen LogP contribution >= 0.6 is 0 Å². The highest BCUT2D eigenvalue weighted by atomic mass is 16.6. The summed E-state index contributed by atoms with van der Waals surface area (Å²) in [6.45, 7) is 0.887. The van der Waals surface area contributed by atoms with Gasteiger partial charge in [-0.15, -0.1) is 0 Å². The van der Waals surface area contributed by atoms with E-state index in [4.69, 9.17) is 9.84 Å². The van der Waals surface area contributed by atoms with E-state index in [9.17, 15) is 9.59 Å². The Bertz CT molecular complexity index is 208. The van der Waals surface area contributed by atoms with E-state index in [0.29, 0.717) is 12.5 Å². The fourth-order valence-corrected chi connectivity index (χ4v) is 1.36. The van der Waals surface area contributed by atoms with Crippen LogP contribution in [0.1, 0.15) is 38.5 Å². The first-order valence-corrected chi connectivity index (χ1v) is 5.03. The lowest BCUT2D eigenvalue weighted by Gasteiger charge is -1.98. The molecule has 4 nitrogen and oxygen atoms in total. The van der Waals surface area contributed by atoms with Gasteiger partial charge in [0.05, 0.1) is 12.7 Å². The molecule has 0 aromatic heterocycles. The molecule has 0 bridgehead atoms. The molecule has 0 saturated carbocycles. The first kappa shape index (κ1) is 11.2. The van der Waals surface area contributed by atoms with Gasteiger partial charge in [-0.05, 0) is 12.8 Å². The summed E-state index contributed by atoms with van der Waals surface area (Å²) in [6, 6.07) is 0. The van der Waals surface area contributed by atoms with Crippen molar-refractivity contribution < 1.29 is 19.4 Å². The Labute approximate surface area is 83.2 Å². The quantitative estimate of drug-likeness (QED) is 0.365. The van der Waals surface area contributed by atoms with Crippen molar-refractivity contribution >= 4 is 11.8 Å². The van der Waals surface area contributed by atoms with E-state index in [0.717, 1.165) is 32.3 Å². The maximum Gasteiger partial charge on any atom is 0.310 e. The predicted molar refractivity (Wildman–Crippen MR) is 50.1 cm³/mol. The normalized spacial score (nSPS) is 19.3. The molecule has 0 spiro atoms. The second-order valence-electron chi connectivity index (χ2n) is 3.66. The molecule has 0 radical (unpaired) electrons. The summed E-state index contributed by atoms with van der Waals surface area (Å²) in [5.41, 5.74) is 0. The highest BCUT2D eigenvalue weighted by Gasteiger charge is 2.20. The molecule has 1 fully saturated rings. The summed E-state index contributed by atoms with van der Waals surface area (Å²) in [5, 5.41) is 8.33. The third kappa shape index (κ3) is 5.70. The van der Waals surface area contributed by atoms with Crippen LogP contribution in [0.5, 0.6) is 0 Å². The molecular formula is C10H16O4. The highest BCUT2D eigenvalue weighted by Crippen LogP contribution is 2.17. The van der Waals surface area contributed by atoms with Crippen molar-refractivity contribution in [2.75, 3.05) is 6.61 Å². The third-order valence-electron chi connectivity index (χ3n) is 2.23. The van der Waals surface area contributed by atoms with Gasteiger partial charge in [0.15, 0.2) is 0 Å². The molecule has 0 aromatic carbocycles. The molecule has 1 aliphatic heterocycles. The maximum absolute atomic E-state index is 11.0. The smallest absolute Gasteiger partial charge is 0.310 e. The van der Waals surface area contributed by atoms with E-state index < -0.39 is 5.97 Å². The highest BCUT2D eigenvalue weighted by molar-refractivity contribution is 5.94. The largest absolute Gasteiger partial charge is 0.481 e. The Kier molecular flexibility index (Phi) is 4.59. The van der Waals surface area contributed by atoms with Crippen molar-refractivity contribution in [3.8, 4) is 0 Å². The number of unbranched alkanes of at least 4 members (excludes halogenated alkanes) is 2. The molecule has 1 aliphatic rings. The number of rotatable bonds is 8. The first-order valence-electron chi connectivity index (χ1n) is 5.03. The number of aliphatic carboxylic acids is 1. The maximum atomic E-state index is 11.0. The minimum atomic E-state index is -1.03. The lowest BCUT2D eigenvalue weighted by molar-refractivity contribution is -0.140. The summed E-state index contributed by atoms with van der Waals surface area (Å²) in [7, 11) is 0. The molecule has 1 unspecified atom stereocenters. The fraction of sp³-hybridized carbons (Fsp3) is 0.800. The molecule has 0 amide bonds. The van der Waals surface area contributed by atoms with Gasteiger partial charge in [0.25, 0.3) is 0 Å². The van der Waals surface area contributed by atoms with Gasteiger partial charge in [-0.3, -0.25) is 9.59 Å². The van der Waals surface area contributed by atoms with Gasteiger partial charge in [0, 0.05) is 6.42 Å². The van der Waals surface area contributed by atoms with Crippen LogP contribution in [-0.4, -0.2) is 29.6 Å². The van der Waals surface area contributed by atoms with Gasteiger partial charge >= 0.3 is 5.97 Å². The number of hydrogen-bond acceptors (Lipinski definition) is 3. The Hall–Kier alpha value is -0.900. The van der Waals surface area contributed by atoms with Gasteiger partial charge in [0.2, 0.25) is 0 Å². The lowest BCUT2D eigenvalue weighted by atomic mass is 10.1. The molecule has 1 heterocycles. The van der Waals surface area contributed by atoms with Gasteiger partial charge in [-0.25, -0.2) is 0 Å². The lowest BCUT2D eigenvalue weighted by Crippen LogP contribution is -2.06. The Morgan fingerprint density at radius 1 is 1.29 bits per heavy atom. The zero-order valence-corrected chi connectivity index (χ0v) is 8.20. The molecule has 4 heteroatoms. The minimum absolute atomic E-state index is 0.167. The van der Waals surface area contributed by atoms with Crippen molar-refractivity contribution in [1.82, 2.24) is 0 Å². The first-order chi connectivity index (χ1) is 6.68. The number of carbonyl (C=O) groups is 2. The number of carboxylic acid groups (broad SMARTS) is 1. The van der Waals surface area contributed by atoms with E-state index in [1.807, 2.05) is 0 Å². The Morgan fingerprint density at radius 2 is 2.00 bits per heavy atom. The Balaban J connectivity index is 1.86. The standard InChI is InChI=1S/C10H16O4/c11-8(6-10(12)13)4-2-1-3-5-9-7-14-9/h9H,1-7H2,(H,12,13). The zero-order chi connectivity index (χ0) is 10.4. The minimum Gasteiger partial charge on any atom is -0.481 e. The monoisotopic (exact) mass is 200 g/mol. The van der Waals surface area contributed by atoms with Crippen LogP contribution in [0.3, 0.4) is 0 Å². The molecule has 1 N–H and O–H groups in total. The number of carboxylic acids is 1. The molecule has 1 saturated heterocycles. The number of carbonyl (C=O) groups excluding carboxylic acids is 1. The van der Waals surface area contributed by atoms with Gasteiger partial charge in [-0.1, -0.05) is 12.8 Å². The van der Waals surface area contributed by atoms with E-state index in [2.05, 4.69) is 0 Å². The molecule has 80 valence electrons. The second-order valence-corrected chi connectivity index (χ2v) is 3.66. The van der Waals surface area contributed by atoms with Crippen molar-refractivity contribution in [3.63, 3.8) is 0 Å². The summed E-state index contributed by atoms with van der Waals surface area (Å²) < 4.78 is 5.04. The van der Waals surface area contributed by atoms with Crippen LogP contribution in [0.2, 0.25) is 0 Å². The van der Waals surface area contributed by atoms with Crippen molar-refractivity contribution in [1.29, 1.82) is 0 Å². The summed E-state index contributed by atoms with van der Waals surface area (Å²) >= 11 is 0. The molecule has 0 aromatic rings. The summed E-state index contributed by atoms with van der Waals surface area (Å²) in [5.74, 6) is -1.19. The number of Topliss-reactive ketones (excluding diaryl/α,β-unsaturated/α-hetero) is 1. The van der Waals surface area contributed by atoms with Crippen LogP contribution < -0.4 is 0 Å². The van der Waals surface area contributed by atoms with Gasteiger partial charge < -0.3 is 9.84 Å². The van der Waals surface area contributed by atoms with Crippen LogP contribution in [0, 0.1) is 0 Å². The van der Waals surface area contributed by atoms with E-state index in [1.165, 1.54) is 0 Å². The topological polar surface area (TPSA) is 66.9 Å². The molecule has 1 rings (SSSR count). The molecular weight excluding hydrogens is 184 g/mol. The van der Waals surface area contributed by atoms with E-state index in [-0.39, 0.29) is 12.2 Å². The van der Waals surface area contributed by atoms with Crippen molar-refractivity contribution in [2.45, 2.75) is 44.6 Å². The van der Waals surface area contributed by atoms with Crippen LogP contribution in [0.25, 0.3) is 0 Å². The average Bonchev–Trinajstić information content (AvgIpc) is 2.86. The van der Waals surface area contributed by atoms with E-state index in [1.54, 1.807) is 0 Å². The van der Waals surface area contributed by atoms with Gasteiger partial charge in [-0.2, -0.15) is 0 Å². The van der Waals surface area contributed by atoms with Gasteiger partial charge in [0.1, 0.15) is 12.2 Å². The molecule has 14 heavy (non-hydrogen) atoms. The van der Waals surface area contributed by atoms with Crippen LogP contribution in [0.4, 0.5) is 0 Å². The van der Waals surface area contributed by atoms with E-state index >= 15 is 0 Å². The third-order valence-corrected chi connectivity index (χ3v) is 2.23. The number of hydrogen-bond donors (Lipinski definition) is 1. The summed E-state index contributed by atoms with van der Waals surface area (Å²) in [4.78, 5) is 21.1. The Morgan fingerprint density at radius 3 is 2.57 bits per heavy atom. The van der Waals surface area contributed by atoms with Crippen molar-refractivity contribution in [3.05, 3.63) is 0 Å². The predicted octanol–water partition coefficient (Wildman–Crippen LogP) is 1.38. The fourth-order valence-electron chi connectivity index (χ4n) is 1.36. The number of ether oxygens (including phenoxy) is 1. The average molecular weight is 200 g/mol. The number of ketones is 1. The SMILES string of the molecule is O=C(O)CC(=O)CCCCCC1CO1. The summed E-state index contributed by atoms with van der Waals surface area (Å²) in [6.07, 6.45) is 4.48. The van der Waals surface area contributed by atoms with Crippen molar-refractivity contribution in [2.24, 2.45) is 0 Å². The molecule has 1 atom stereocenters.